The van der Waals surface area contributed by atoms with Gasteiger partial charge in [-0.05, 0) is 34.7 Å². The molecule has 2 rings (SSSR count). The first kappa shape index (κ1) is 10.3. The number of aryl methyl sites for hydroxylation is 2. The Hall–Kier alpha value is -1.24. The number of fused-ring (bicyclic) bond motifs is 1. The van der Waals surface area contributed by atoms with Gasteiger partial charge in [-0.2, -0.15) is 0 Å². The van der Waals surface area contributed by atoms with Crippen molar-refractivity contribution < 1.29 is 0 Å². The molecule has 0 atom stereocenters. The van der Waals surface area contributed by atoms with E-state index in [1.54, 1.807) is 0 Å². The van der Waals surface area contributed by atoms with Crippen LogP contribution in [0.4, 0.5) is 0 Å². The molecule has 74 valence electrons. The highest BCUT2D eigenvalue weighted by Crippen LogP contribution is 2.22. The molecule has 0 aromatic heterocycles. The molecule has 0 aliphatic heterocycles. The largest absolute Gasteiger partial charge is 0.114 e. The Morgan fingerprint density at radius 1 is 0.933 bits per heavy atom. The van der Waals surface area contributed by atoms with Gasteiger partial charge in [-0.3, -0.25) is 0 Å². The first-order valence-electron chi connectivity index (χ1n) is 5.56. The van der Waals surface area contributed by atoms with E-state index in [0.29, 0.717) is 0 Å². The van der Waals surface area contributed by atoms with Crippen LogP contribution < -0.4 is 5.46 Å². The third-order valence-electron chi connectivity index (χ3n) is 3.04. The van der Waals surface area contributed by atoms with Crippen molar-refractivity contribution in [1.29, 1.82) is 0 Å². The maximum atomic E-state index is 5.97. The van der Waals surface area contributed by atoms with Gasteiger partial charge in [0.2, 0.25) is 0 Å². The van der Waals surface area contributed by atoms with Crippen LogP contribution in [0.15, 0.2) is 30.3 Å². The summed E-state index contributed by atoms with van der Waals surface area (Å²) in [6.07, 6.45) is 2.16. The lowest BCUT2D eigenvalue weighted by molar-refractivity contribution is 1.05. The Balaban J connectivity index is 2.82. The Kier molecular flexibility index (Phi) is 2.81. The van der Waals surface area contributed by atoms with E-state index in [1.807, 2.05) is 12.1 Å². The second kappa shape index (κ2) is 4.10. The average Bonchev–Trinajstić information content (AvgIpc) is 2.28. The number of hydrogen-bond donors (Lipinski definition) is 0. The molecular weight excluding hydrogens is 179 g/mol. The number of hydrogen-bond acceptors (Lipinski definition) is 0. The fourth-order valence-electron chi connectivity index (χ4n) is 2.24. The lowest BCUT2D eigenvalue weighted by Gasteiger charge is -2.11. The zero-order chi connectivity index (χ0) is 10.8. The van der Waals surface area contributed by atoms with Gasteiger partial charge in [0, 0.05) is 0 Å². The van der Waals surface area contributed by atoms with Gasteiger partial charge in [0.1, 0.15) is 7.85 Å². The van der Waals surface area contributed by atoms with Crippen molar-refractivity contribution in [2.75, 3.05) is 0 Å². The minimum Gasteiger partial charge on any atom is -0.0890 e. The summed E-state index contributed by atoms with van der Waals surface area (Å²) in [6.45, 7) is 4.41. The Bertz CT molecular complexity index is 486. The van der Waals surface area contributed by atoms with Crippen molar-refractivity contribution >= 4 is 24.1 Å². The molecule has 0 amide bonds. The predicted octanol–water partition coefficient (Wildman–Crippen LogP) is 2.76. The van der Waals surface area contributed by atoms with Crippen molar-refractivity contribution in [1.82, 2.24) is 0 Å². The molecule has 2 radical (unpaired) electrons. The summed E-state index contributed by atoms with van der Waals surface area (Å²) < 4.78 is 0. The van der Waals surface area contributed by atoms with Crippen molar-refractivity contribution in [3.8, 4) is 0 Å². The van der Waals surface area contributed by atoms with Crippen LogP contribution in [0.5, 0.6) is 0 Å². The molecule has 0 fully saturated rings. The Morgan fingerprint density at radius 2 is 1.73 bits per heavy atom. The lowest BCUT2D eigenvalue weighted by atomic mass is 9.86. The van der Waals surface area contributed by atoms with Gasteiger partial charge in [-0.25, -0.2) is 0 Å². The van der Waals surface area contributed by atoms with Gasteiger partial charge < -0.3 is 0 Å². The minimum atomic E-state index is 0.879. The van der Waals surface area contributed by atoms with E-state index in [2.05, 4.69) is 32.0 Å². The van der Waals surface area contributed by atoms with Gasteiger partial charge in [-0.1, -0.05) is 49.6 Å². The highest BCUT2D eigenvalue weighted by molar-refractivity contribution is 6.38. The van der Waals surface area contributed by atoms with Gasteiger partial charge in [-0.15, -0.1) is 0 Å². The maximum absolute atomic E-state index is 5.97. The molecule has 0 heterocycles. The molecule has 0 unspecified atom stereocenters. The van der Waals surface area contributed by atoms with Crippen LogP contribution >= 0.6 is 0 Å². The van der Waals surface area contributed by atoms with Crippen LogP contribution in [0.2, 0.25) is 0 Å². The van der Waals surface area contributed by atoms with Gasteiger partial charge in [0.25, 0.3) is 0 Å². The van der Waals surface area contributed by atoms with E-state index < -0.39 is 0 Å². The molecule has 0 saturated heterocycles. The zero-order valence-corrected chi connectivity index (χ0v) is 9.38. The van der Waals surface area contributed by atoms with Crippen LogP contribution in [0.3, 0.4) is 0 Å². The van der Waals surface area contributed by atoms with E-state index in [-0.39, 0.29) is 0 Å². The fraction of sp³-hybridized carbons (Fsp3) is 0.286. The van der Waals surface area contributed by atoms with Crippen LogP contribution in [0.1, 0.15) is 25.0 Å². The summed E-state index contributed by atoms with van der Waals surface area (Å²) in [7, 11) is 5.97. The monoisotopic (exact) mass is 194 g/mol. The predicted molar refractivity (Wildman–Crippen MR) is 68.1 cm³/mol. The van der Waals surface area contributed by atoms with Crippen LogP contribution in [0.25, 0.3) is 10.8 Å². The van der Waals surface area contributed by atoms with E-state index in [1.165, 1.54) is 21.9 Å². The molecule has 0 nitrogen and oxygen atoms in total. The molecule has 15 heavy (non-hydrogen) atoms. The Morgan fingerprint density at radius 3 is 2.40 bits per heavy atom. The molecule has 0 spiro atoms. The SMILES string of the molecule is [B]c1cccc2c(CC)c(CC)ccc12. The molecule has 0 bridgehead atoms. The van der Waals surface area contributed by atoms with Crippen molar-refractivity contribution in [2.45, 2.75) is 26.7 Å². The van der Waals surface area contributed by atoms with Crippen molar-refractivity contribution in [3.63, 3.8) is 0 Å². The number of benzene rings is 2. The van der Waals surface area contributed by atoms with Crippen molar-refractivity contribution in [2.24, 2.45) is 0 Å². The summed E-state index contributed by atoms with van der Waals surface area (Å²) in [5.74, 6) is 0. The second-order valence-corrected chi connectivity index (χ2v) is 3.85. The molecule has 0 aliphatic carbocycles. The van der Waals surface area contributed by atoms with E-state index in [9.17, 15) is 0 Å². The summed E-state index contributed by atoms with van der Waals surface area (Å²) in [4.78, 5) is 0. The van der Waals surface area contributed by atoms with Crippen LogP contribution in [-0.2, 0) is 12.8 Å². The maximum Gasteiger partial charge on any atom is 0.114 e. The first-order chi connectivity index (χ1) is 7.27. The third kappa shape index (κ3) is 1.67. The fourth-order valence-corrected chi connectivity index (χ4v) is 2.24. The molecule has 0 saturated carbocycles. The van der Waals surface area contributed by atoms with Crippen LogP contribution in [0, 0.1) is 0 Å². The second-order valence-electron chi connectivity index (χ2n) is 3.85. The van der Waals surface area contributed by atoms with Crippen LogP contribution in [-0.4, -0.2) is 7.85 Å². The van der Waals surface area contributed by atoms with Gasteiger partial charge in [0.15, 0.2) is 0 Å². The van der Waals surface area contributed by atoms with Gasteiger partial charge in [0.05, 0.1) is 0 Å². The molecule has 1 heteroatoms. The quantitative estimate of drug-likeness (QED) is 0.645. The van der Waals surface area contributed by atoms with Gasteiger partial charge >= 0.3 is 0 Å². The first-order valence-corrected chi connectivity index (χ1v) is 5.56. The highest BCUT2D eigenvalue weighted by Gasteiger charge is 2.05. The smallest absolute Gasteiger partial charge is 0.0890 e. The molecule has 2 aromatic carbocycles. The normalized spacial score (nSPS) is 10.8. The standard InChI is InChI=1S/C14H15B/c1-3-10-8-9-13-12(11(10)4-2)6-5-7-14(13)15/h5-9H,3-4H2,1-2H3. The highest BCUT2D eigenvalue weighted by atomic mass is 14.1. The molecule has 2 aromatic rings. The van der Waals surface area contributed by atoms with E-state index in [0.717, 1.165) is 18.3 Å². The summed E-state index contributed by atoms with van der Waals surface area (Å²) in [5, 5.41) is 2.50. The molecule has 0 N–H and O–H groups in total. The molecular formula is C14H15B. The molecule has 0 aliphatic rings. The summed E-state index contributed by atoms with van der Waals surface area (Å²) >= 11 is 0. The summed E-state index contributed by atoms with van der Waals surface area (Å²) in [6, 6.07) is 10.5. The minimum absolute atomic E-state index is 0.879. The zero-order valence-electron chi connectivity index (χ0n) is 9.38. The average molecular weight is 194 g/mol. The Labute approximate surface area is 92.7 Å². The van der Waals surface area contributed by atoms with Crippen molar-refractivity contribution in [3.05, 3.63) is 41.5 Å². The topological polar surface area (TPSA) is 0 Å². The van der Waals surface area contributed by atoms with E-state index in [4.69, 9.17) is 7.85 Å². The lowest BCUT2D eigenvalue weighted by Crippen LogP contribution is -2.05. The third-order valence-corrected chi connectivity index (χ3v) is 3.04. The van der Waals surface area contributed by atoms with E-state index >= 15 is 0 Å². The summed E-state index contributed by atoms with van der Waals surface area (Å²) in [5.41, 5.74) is 3.77. The number of rotatable bonds is 2.